The zero-order valence-corrected chi connectivity index (χ0v) is 7.00. The minimum absolute atomic E-state index is 1.23. The summed E-state index contributed by atoms with van der Waals surface area (Å²) < 4.78 is 0. The van der Waals surface area contributed by atoms with E-state index in [-0.39, 0.29) is 0 Å². The minimum atomic E-state index is 1.23. The normalized spacial score (nSPS) is 69.8. The Balaban J connectivity index is 1.92. The molecule has 4 atom stereocenters. The van der Waals surface area contributed by atoms with Crippen LogP contribution in [0.1, 0.15) is 32.1 Å². The molecule has 0 nitrogen and oxygen atoms in total. The van der Waals surface area contributed by atoms with Crippen LogP contribution in [0.2, 0.25) is 0 Å². The summed E-state index contributed by atoms with van der Waals surface area (Å²) in [6.45, 7) is 0. The monoisotopic (exact) mass is 148 g/mol. The van der Waals surface area contributed by atoms with Crippen LogP contribution in [0.25, 0.3) is 0 Å². The van der Waals surface area contributed by atoms with Gasteiger partial charge in [-0.05, 0) is 67.6 Å². The fourth-order valence-electron chi connectivity index (χ4n) is 5.40. The highest BCUT2D eigenvalue weighted by molar-refractivity contribution is 5.11. The van der Waals surface area contributed by atoms with Crippen LogP contribution in [-0.2, 0) is 0 Å². The van der Waals surface area contributed by atoms with Crippen molar-refractivity contribution in [2.45, 2.75) is 32.1 Å². The van der Waals surface area contributed by atoms with E-state index in [9.17, 15) is 0 Å². The van der Waals surface area contributed by atoms with Gasteiger partial charge in [0.1, 0.15) is 0 Å². The molecule has 0 aliphatic heterocycles. The smallest absolute Gasteiger partial charge is 0.0349 e. The lowest BCUT2D eigenvalue weighted by Gasteiger charge is -2.25. The van der Waals surface area contributed by atoms with Crippen molar-refractivity contribution in [3.8, 4) is 0 Å². The van der Waals surface area contributed by atoms with Crippen molar-refractivity contribution < 1.29 is 0 Å². The van der Waals surface area contributed by atoms with Crippen molar-refractivity contribution in [1.82, 2.24) is 0 Å². The molecule has 0 aromatic heterocycles. The van der Waals surface area contributed by atoms with Crippen LogP contribution in [0, 0.1) is 35.5 Å². The van der Waals surface area contributed by atoms with Gasteiger partial charge in [0, 0.05) is 0 Å². The van der Waals surface area contributed by atoms with Gasteiger partial charge in [0.15, 0.2) is 0 Å². The zero-order valence-electron chi connectivity index (χ0n) is 7.00. The average Bonchev–Trinajstić information content (AvgIpc) is 2.42. The molecule has 4 saturated carbocycles. The lowest BCUT2D eigenvalue weighted by molar-refractivity contribution is 0.224. The molecule has 0 spiro atoms. The van der Waals surface area contributed by atoms with E-state index in [0.717, 1.165) is 0 Å². The van der Waals surface area contributed by atoms with Crippen molar-refractivity contribution >= 4 is 0 Å². The van der Waals surface area contributed by atoms with Gasteiger partial charge in [-0.1, -0.05) is 0 Å². The van der Waals surface area contributed by atoms with Crippen molar-refractivity contribution in [2.75, 3.05) is 0 Å². The molecule has 4 rings (SSSR count). The second-order valence-electron chi connectivity index (χ2n) is 5.37. The molecule has 0 aromatic rings. The predicted octanol–water partition coefficient (Wildman–Crippen LogP) is 2.69. The Labute approximate surface area is 68.4 Å². The average molecular weight is 148 g/mol. The maximum absolute atomic E-state index is 1.66. The number of hydrogen-bond donors (Lipinski definition) is 0. The zero-order chi connectivity index (χ0) is 7.00. The Hall–Kier alpha value is 0. The summed E-state index contributed by atoms with van der Waals surface area (Å²) in [4.78, 5) is 0. The van der Waals surface area contributed by atoms with E-state index in [1.165, 1.54) is 35.5 Å². The van der Waals surface area contributed by atoms with E-state index in [1.807, 2.05) is 0 Å². The van der Waals surface area contributed by atoms with Gasteiger partial charge in [-0.3, -0.25) is 0 Å². The summed E-state index contributed by atoms with van der Waals surface area (Å²) in [5.41, 5.74) is 0. The fraction of sp³-hybridized carbons (Fsp3) is 1.00. The van der Waals surface area contributed by atoms with Gasteiger partial charge in [0.05, 0.1) is 0 Å². The largest absolute Gasteiger partial charge is 0.0496 e. The topological polar surface area (TPSA) is 0 Å². The van der Waals surface area contributed by atoms with Gasteiger partial charge < -0.3 is 0 Å². The van der Waals surface area contributed by atoms with Crippen molar-refractivity contribution in [2.24, 2.45) is 35.5 Å². The van der Waals surface area contributed by atoms with Crippen LogP contribution in [0.15, 0.2) is 0 Å². The van der Waals surface area contributed by atoms with Gasteiger partial charge in [-0.2, -0.15) is 0 Å². The molecule has 4 aliphatic carbocycles. The van der Waals surface area contributed by atoms with Crippen LogP contribution >= 0.6 is 0 Å². The second kappa shape index (κ2) is 1.53. The molecule has 0 N–H and O–H groups in total. The SMILES string of the molecule is C1CC2C3CCC4C1C2CC43. The minimum Gasteiger partial charge on any atom is -0.0496 e. The molecule has 0 heteroatoms. The molecule has 4 fully saturated rings. The highest BCUT2D eigenvalue weighted by atomic mass is 14.7. The van der Waals surface area contributed by atoms with E-state index in [0.29, 0.717) is 0 Å². The lowest BCUT2D eigenvalue weighted by Crippen LogP contribution is -2.20. The first-order valence-electron chi connectivity index (χ1n) is 5.45. The first kappa shape index (κ1) is 5.61. The molecule has 60 valence electrons. The highest BCUT2D eigenvalue weighted by Crippen LogP contribution is 2.70. The number of fused-ring (bicyclic) bond motifs is 2. The van der Waals surface area contributed by atoms with Gasteiger partial charge in [-0.25, -0.2) is 0 Å². The van der Waals surface area contributed by atoms with E-state index >= 15 is 0 Å². The molecular formula is C11H16. The third kappa shape index (κ3) is 0.443. The Morgan fingerprint density at radius 3 is 1.18 bits per heavy atom. The summed E-state index contributed by atoms with van der Waals surface area (Å²) >= 11 is 0. The van der Waals surface area contributed by atoms with E-state index in [2.05, 4.69) is 0 Å². The summed E-state index contributed by atoms with van der Waals surface area (Å²) in [5.74, 6) is 7.37. The Kier molecular flexibility index (Phi) is 0.781. The maximum Gasteiger partial charge on any atom is -0.0349 e. The summed E-state index contributed by atoms with van der Waals surface area (Å²) in [6.07, 6.45) is 8.13. The van der Waals surface area contributed by atoms with Gasteiger partial charge in [-0.15, -0.1) is 0 Å². The quantitative estimate of drug-likeness (QED) is 0.495. The van der Waals surface area contributed by atoms with Gasteiger partial charge in [0.25, 0.3) is 0 Å². The maximum atomic E-state index is 1.66. The number of rotatable bonds is 0. The summed E-state index contributed by atoms with van der Waals surface area (Å²) in [7, 11) is 0. The third-order valence-electron chi connectivity index (χ3n) is 5.51. The Bertz CT molecular complexity index is 153. The van der Waals surface area contributed by atoms with E-state index in [1.54, 1.807) is 32.1 Å². The molecule has 0 heterocycles. The molecule has 0 radical (unpaired) electrons. The molecule has 4 unspecified atom stereocenters. The van der Waals surface area contributed by atoms with Crippen LogP contribution in [0.3, 0.4) is 0 Å². The summed E-state index contributed by atoms with van der Waals surface area (Å²) in [5, 5.41) is 0. The predicted molar refractivity (Wildman–Crippen MR) is 44.0 cm³/mol. The fourth-order valence-corrected chi connectivity index (χ4v) is 5.40. The molecule has 0 aromatic carbocycles. The lowest BCUT2D eigenvalue weighted by atomic mass is 9.80. The first-order chi connectivity index (χ1) is 5.45. The standard InChI is InChI=1S/C11H16/c1-2-7-9-4-3-8-6(1)10(7)5-11(8)9/h6-11H,1-5H2. The Morgan fingerprint density at radius 2 is 0.818 bits per heavy atom. The van der Waals surface area contributed by atoms with Crippen LogP contribution in [-0.4, -0.2) is 0 Å². The molecule has 0 saturated heterocycles. The van der Waals surface area contributed by atoms with Crippen LogP contribution in [0.5, 0.6) is 0 Å². The summed E-state index contributed by atoms with van der Waals surface area (Å²) in [6, 6.07) is 0. The number of hydrogen-bond acceptors (Lipinski definition) is 0. The Morgan fingerprint density at radius 1 is 0.455 bits per heavy atom. The van der Waals surface area contributed by atoms with E-state index < -0.39 is 0 Å². The third-order valence-corrected chi connectivity index (χ3v) is 5.51. The van der Waals surface area contributed by atoms with Crippen molar-refractivity contribution in [1.29, 1.82) is 0 Å². The van der Waals surface area contributed by atoms with Crippen LogP contribution in [0.4, 0.5) is 0 Å². The molecular weight excluding hydrogens is 132 g/mol. The molecule has 4 aliphatic rings. The second-order valence-corrected chi connectivity index (χ2v) is 5.37. The molecule has 11 heavy (non-hydrogen) atoms. The molecule has 0 amide bonds. The van der Waals surface area contributed by atoms with Crippen molar-refractivity contribution in [3.05, 3.63) is 0 Å². The molecule has 2 bridgehead atoms. The van der Waals surface area contributed by atoms with E-state index in [4.69, 9.17) is 0 Å². The van der Waals surface area contributed by atoms with Crippen LogP contribution < -0.4 is 0 Å². The van der Waals surface area contributed by atoms with Gasteiger partial charge >= 0.3 is 0 Å². The van der Waals surface area contributed by atoms with Gasteiger partial charge in [0.2, 0.25) is 0 Å². The first-order valence-corrected chi connectivity index (χ1v) is 5.45. The van der Waals surface area contributed by atoms with Crippen molar-refractivity contribution in [3.63, 3.8) is 0 Å². The highest BCUT2D eigenvalue weighted by Gasteiger charge is 2.62.